The van der Waals surface area contributed by atoms with E-state index in [1.807, 2.05) is 17.5 Å². The number of pyridine rings is 1. The molecule has 43 heavy (non-hydrogen) atoms. The Balaban J connectivity index is 0.00000506. The summed E-state index contributed by atoms with van der Waals surface area (Å²) in [6.45, 7) is 0.0173. The first-order chi connectivity index (χ1) is 20.3. The van der Waals surface area contributed by atoms with Gasteiger partial charge in [-0.2, -0.15) is 10.5 Å². The topological polar surface area (TPSA) is 172 Å². The van der Waals surface area contributed by atoms with E-state index < -0.39 is 11.9 Å². The van der Waals surface area contributed by atoms with Gasteiger partial charge in [-0.25, -0.2) is 9.97 Å². The Morgan fingerprint density at radius 3 is 2.30 bits per heavy atom. The van der Waals surface area contributed by atoms with E-state index in [2.05, 4.69) is 22.1 Å². The number of hydrogen-bond donors (Lipinski definition) is 2. The van der Waals surface area contributed by atoms with E-state index in [9.17, 15) is 20.1 Å². The van der Waals surface area contributed by atoms with Gasteiger partial charge in [-0.15, -0.1) is 11.3 Å². The monoisotopic (exact) mass is 642 g/mol. The third-order valence-corrected chi connectivity index (χ3v) is 7.92. The van der Waals surface area contributed by atoms with Crippen LogP contribution in [-0.4, -0.2) is 69.8 Å². The molecule has 213 valence electrons. The summed E-state index contributed by atoms with van der Waals surface area (Å²) < 4.78 is 10.5. The SMILES string of the molecule is N#Cc1c(N)nc(SCc2csc(-c3ccc(Cl)cc3)n2)c(C#N)c1-c1ccc(OCCOC(=O)CCC(=O)O)cc1.[Na]. The maximum absolute atomic E-state index is 11.5. The van der Waals surface area contributed by atoms with Crippen LogP contribution in [-0.2, 0) is 20.1 Å². The number of carbonyl (C=O) groups excluding carboxylic acids is 1. The molecule has 2 heterocycles. The van der Waals surface area contributed by atoms with Crippen LogP contribution in [0.25, 0.3) is 21.7 Å². The second-order valence-electron chi connectivity index (χ2n) is 8.58. The summed E-state index contributed by atoms with van der Waals surface area (Å²) in [5.74, 6) is -0.782. The second kappa shape index (κ2) is 16.3. The van der Waals surface area contributed by atoms with Crippen molar-refractivity contribution in [1.29, 1.82) is 10.5 Å². The van der Waals surface area contributed by atoms with Gasteiger partial charge >= 0.3 is 11.9 Å². The van der Waals surface area contributed by atoms with Crippen LogP contribution in [0.2, 0.25) is 5.02 Å². The van der Waals surface area contributed by atoms with E-state index in [-0.39, 0.29) is 72.6 Å². The minimum Gasteiger partial charge on any atom is -0.490 e. The number of halogens is 1. The molecule has 0 saturated heterocycles. The van der Waals surface area contributed by atoms with Gasteiger partial charge in [-0.1, -0.05) is 47.6 Å². The average Bonchev–Trinajstić information content (AvgIpc) is 3.46. The van der Waals surface area contributed by atoms with Crippen LogP contribution in [0.15, 0.2) is 58.9 Å². The van der Waals surface area contributed by atoms with Crippen molar-refractivity contribution < 1.29 is 24.2 Å². The molecule has 2 aromatic heterocycles. The first kappa shape index (κ1) is 33.9. The molecule has 0 amide bonds. The molecule has 4 rings (SSSR count). The van der Waals surface area contributed by atoms with Crippen molar-refractivity contribution in [2.45, 2.75) is 23.6 Å². The van der Waals surface area contributed by atoms with E-state index in [4.69, 9.17) is 31.9 Å². The van der Waals surface area contributed by atoms with Crippen molar-refractivity contribution in [2.24, 2.45) is 0 Å². The van der Waals surface area contributed by atoms with Gasteiger partial charge in [0.05, 0.1) is 24.1 Å². The molecule has 0 spiro atoms. The molecule has 3 N–H and O–H groups in total. The normalized spacial score (nSPS) is 10.2. The Morgan fingerprint density at radius 2 is 1.65 bits per heavy atom. The fourth-order valence-corrected chi connectivity index (χ4v) is 5.69. The Kier molecular flexibility index (Phi) is 12.8. The minimum absolute atomic E-state index is 0. The van der Waals surface area contributed by atoms with Crippen LogP contribution in [0.4, 0.5) is 5.82 Å². The number of thioether (sulfide) groups is 1. The number of ether oxygens (including phenoxy) is 2. The molecular weight excluding hydrogens is 621 g/mol. The predicted octanol–water partition coefficient (Wildman–Crippen LogP) is 5.55. The number of esters is 1. The minimum atomic E-state index is -1.08. The van der Waals surface area contributed by atoms with Crippen LogP contribution in [0.1, 0.15) is 29.7 Å². The molecule has 0 aliphatic heterocycles. The number of rotatable bonds is 12. The van der Waals surface area contributed by atoms with Crippen LogP contribution < -0.4 is 10.5 Å². The number of aliphatic carboxylic acids is 1. The maximum Gasteiger partial charge on any atom is 0.306 e. The van der Waals surface area contributed by atoms with E-state index in [1.54, 1.807) is 36.4 Å². The zero-order valence-electron chi connectivity index (χ0n) is 22.9. The van der Waals surface area contributed by atoms with Crippen molar-refractivity contribution in [3.63, 3.8) is 0 Å². The van der Waals surface area contributed by atoms with Crippen molar-refractivity contribution >= 4 is 82.0 Å². The summed E-state index contributed by atoms with van der Waals surface area (Å²) in [6, 6.07) is 18.4. The number of hydrogen-bond acceptors (Lipinski definition) is 11. The van der Waals surface area contributed by atoms with E-state index >= 15 is 0 Å². The zero-order valence-corrected chi connectivity index (χ0v) is 27.3. The number of benzene rings is 2. The molecule has 0 atom stereocenters. The molecule has 10 nitrogen and oxygen atoms in total. The van der Waals surface area contributed by atoms with Gasteiger partial charge in [-0.3, -0.25) is 9.59 Å². The third kappa shape index (κ3) is 9.18. The molecule has 0 aliphatic rings. The molecule has 2 aromatic carbocycles. The number of nitrogens with two attached hydrogens (primary N) is 1. The van der Waals surface area contributed by atoms with Crippen LogP contribution in [0.5, 0.6) is 5.75 Å². The fourth-order valence-electron chi connectivity index (χ4n) is 3.75. The summed E-state index contributed by atoms with van der Waals surface area (Å²) in [5, 5.41) is 32.3. The van der Waals surface area contributed by atoms with E-state index in [0.717, 1.165) is 16.3 Å². The average molecular weight is 643 g/mol. The third-order valence-electron chi connectivity index (χ3n) is 5.72. The number of thiazole rings is 1. The van der Waals surface area contributed by atoms with E-state index in [0.29, 0.717) is 32.7 Å². The Morgan fingerprint density at radius 1 is 0.977 bits per heavy atom. The smallest absolute Gasteiger partial charge is 0.306 e. The fraction of sp³-hybridized carbons (Fsp3) is 0.172. The number of nitrogens with zero attached hydrogens (tertiary/aromatic N) is 4. The first-order valence-electron chi connectivity index (χ1n) is 12.4. The molecule has 0 aliphatic carbocycles. The summed E-state index contributed by atoms with van der Waals surface area (Å²) in [4.78, 5) is 31.1. The standard InChI is InChI=1S/C29H22ClN5O5S2.Na/c30-19-5-1-18(2-6-19)28-34-20(15-41-28)16-42-29-23(14-32)26(22(13-31)27(33)35-29)17-3-7-21(8-4-17)39-11-12-40-25(38)10-9-24(36)37;/h1-8,15H,9-12,16H2,(H2,33,35)(H,36,37);. The van der Waals surface area contributed by atoms with Crippen molar-refractivity contribution in [2.75, 3.05) is 18.9 Å². The van der Waals surface area contributed by atoms with Gasteiger partial charge in [0.15, 0.2) is 0 Å². The number of aromatic nitrogens is 2. The maximum atomic E-state index is 11.5. The molecule has 1 radical (unpaired) electrons. The molecule has 14 heteroatoms. The Labute approximate surface area is 282 Å². The number of carboxylic acid groups (broad SMARTS) is 1. The summed E-state index contributed by atoms with van der Waals surface area (Å²) in [7, 11) is 0. The molecule has 0 fully saturated rings. The largest absolute Gasteiger partial charge is 0.490 e. The van der Waals surface area contributed by atoms with Gasteiger partial charge in [0, 0.05) is 56.8 Å². The molecule has 0 saturated carbocycles. The molecule has 0 unspecified atom stereocenters. The Bertz CT molecular complexity index is 1690. The van der Waals surface area contributed by atoms with Gasteiger partial charge < -0.3 is 20.3 Å². The van der Waals surface area contributed by atoms with Crippen LogP contribution >= 0.6 is 34.7 Å². The van der Waals surface area contributed by atoms with Crippen molar-refractivity contribution in [3.05, 3.63) is 75.8 Å². The summed E-state index contributed by atoms with van der Waals surface area (Å²) >= 11 is 8.78. The second-order valence-corrected chi connectivity index (χ2v) is 10.8. The quantitative estimate of drug-likeness (QED) is 0.0858. The number of carboxylic acids is 1. The summed E-state index contributed by atoms with van der Waals surface area (Å²) in [6.07, 6.45) is -0.511. The number of nitriles is 2. The van der Waals surface area contributed by atoms with E-state index in [1.165, 1.54) is 23.1 Å². The Hall–Kier alpha value is -3.62. The molecule has 0 bridgehead atoms. The van der Waals surface area contributed by atoms with Gasteiger partial charge in [0.1, 0.15) is 52.5 Å². The zero-order chi connectivity index (χ0) is 30.1. The molecule has 4 aromatic rings. The van der Waals surface area contributed by atoms with Crippen molar-refractivity contribution in [3.8, 4) is 39.6 Å². The van der Waals surface area contributed by atoms with Crippen molar-refractivity contribution in [1.82, 2.24) is 9.97 Å². The van der Waals surface area contributed by atoms with Crippen LogP contribution in [0.3, 0.4) is 0 Å². The number of carbonyl (C=O) groups is 2. The first-order valence-corrected chi connectivity index (χ1v) is 14.6. The van der Waals surface area contributed by atoms with Gasteiger partial charge in [0.25, 0.3) is 0 Å². The number of nitrogen functional groups attached to an aromatic ring is 1. The number of anilines is 1. The predicted molar refractivity (Wildman–Crippen MR) is 165 cm³/mol. The van der Waals surface area contributed by atoms with Gasteiger partial charge in [0.2, 0.25) is 0 Å². The molecular formula is C29H22ClN5NaO5S2. The van der Waals surface area contributed by atoms with Gasteiger partial charge in [-0.05, 0) is 29.8 Å². The summed E-state index contributed by atoms with van der Waals surface area (Å²) in [5.41, 5.74) is 9.16. The van der Waals surface area contributed by atoms with Crippen LogP contribution in [0, 0.1) is 22.7 Å².